The van der Waals surface area contributed by atoms with Crippen molar-refractivity contribution in [1.82, 2.24) is 4.98 Å². The third-order valence-electron chi connectivity index (χ3n) is 12.1. The molecule has 0 radical (unpaired) electrons. The smallest absolute Gasteiger partial charge is 0.339 e. The molecule has 210 valence electrons. The molecule has 1 heterocycles. The number of carbonyl (C=O) groups is 1. The summed E-state index contributed by atoms with van der Waals surface area (Å²) in [5.41, 5.74) is 2.95. The molecule has 1 aromatic heterocycles. The molecule has 0 unspecified atom stereocenters. The molecule has 3 heteroatoms. The number of ether oxygens (including phenoxy) is 1. The summed E-state index contributed by atoms with van der Waals surface area (Å²) in [6.07, 6.45) is 20.1. The molecule has 0 saturated heterocycles. The normalized spacial score (nSPS) is 38.0. The van der Waals surface area contributed by atoms with Crippen LogP contribution in [-0.4, -0.2) is 17.1 Å². The fourth-order valence-electron chi connectivity index (χ4n) is 10.2. The second-order valence-corrected chi connectivity index (χ2v) is 14.6. The van der Waals surface area contributed by atoms with Gasteiger partial charge in [0.15, 0.2) is 0 Å². The van der Waals surface area contributed by atoms with Crippen LogP contribution in [0.1, 0.15) is 123 Å². The molecule has 0 aliphatic heterocycles. The Bertz CT molecular complexity index is 1000. The van der Waals surface area contributed by atoms with Crippen LogP contribution in [0.5, 0.6) is 0 Å². The van der Waals surface area contributed by atoms with Gasteiger partial charge in [-0.3, -0.25) is 4.98 Å². The van der Waals surface area contributed by atoms with Gasteiger partial charge in [0.1, 0.15) is 6.10 Å². The topological polar surface area (TPSA) is 39.2 Å². The average Bonchev–Trinajstić information content (AvgIpc) is 3.26. The van der Waals surface area contributed by atoms with Crippen molar-refractivity contribution < 1.29 is 9.53 Å². The second kappa shape index (κ2) is 11.1. The second-order valence-electron chi connectivity index (χ2n) is 14.6. The van der Waals surface area contributed by atoms with Gasteiger partial charge in [0.2, 0.25) is 0 Å². The van der Waals surface area contributed by atoms with E-state index in [9.17, 15) is 4.79 Å². The molecule has 4 aliphatic rings. The van der Waals surface area contributed by atoms with Gasteiger partial charge in [-0.1, -0.05) is 59.6 Å². The standard InChI is InChI=1S/C35H53NO2/c1-7-25(19-23(2)3)20-24(4)30-12-13-31-29-11-10-27-21-28(38-33(37)26-9-8-18-36-22-26)14-16-34(27,5)32(29)15-17-35(30,31)6/h8-10,18,22-25,28-32H,7,11-17,19-21H2,1-6H3/t24-,25+,28+,29-,30+,31+,32-,34+,35-/m1/s1. The summed E-state index contributed by atoms with van der Waals surface area (Å²) in [5.74, 6) is 5.75. The molecule has 0 spiro atoms. The van der Waals surface area contributed by atoms with Crippen LogP contribution in [0.2, 0.25) is 0 Å². The van der Waals surface area contributed by atoms with Crippen molar-refractivity contribution in [2.24, 2.45) is 52.3 Å². The van der Waals surface area contributed by atoms with E-state index in [1.807, 2.05) is 0 Å². The van der Waals surface area contributed by atoms with Crippen molar-refractivity contribution in [2.45, 2.75) is 118 Å². The number of carbonyl (C=O) groups excluding carboxylic acids is 1. The van der Waals surface area contributed by atoms with Crippen LogP contribution in [0.15, 0.2) is 36.2 Å². The van der Waals surface area contributed by atoms with Crippen LogP contribution in [0, 0.1) is 52.3 Å². The Balaban J connectivity index is 1.26. The van der Waals surface area contributed by atoms with Crippen molar-refractivity contribution >= 4 is 5.97 Å². The highest BCUT2D eigenvalue weighted by Crippen LogP contribution is 2.67. The Kier molecular flexibility index (Phi) is 8.14. The van der Waals surface area contributed by atoms with Crippen molar-refractivity contribution in [2.75, 3.05) is 0 Å². The number of fused-ring (bicyclic) bond motifs is 5. The van der Waals surface area contributed by atoms with E-state index in [4.69, 9.17) is 4.74 Å². The van der Waals surface area contributed by atoms with Gasteiger partial charge >= 0.3 is 5.97 Å². The van der Waals surface area contributed by atoms with Crippen LogP contribution in [0.25, 0.3) is 0 Å². The molecular formula is C35H53NO2. The van der Waals surface area contributed by atoms with Crippen LogP contribution < -0.4 is 0 Å². The lowest BCUT2D eigenvalue weighted by Crippen LogP contribution is -2.51. The number of hydrogen-bond acceptors (Lipinski definition) is 3. The lowest BCUT2D eigenvalue weighted by atomic mass is 9.47. The lowest BCUT2D eigenvalue weighted by molar-refractivity contribution is -0.0602. The Morgan fingerprint density at radius 2 is 1.89 bits per heavy atom. The number of hydrogen-bond donors (Lipinski definition) is 0. The number of rotatable bonds is 8. The van der Waals surface area contributed by atoms with Gasteiger partial charge in [-0.15, -0.1) is 0 Å². The van der Waals surface area contributed by atoms with Crippen LogP contribution in [0.4, 0.5) is 0 Å². The molecule has 5 rings (SSSR count). The maximum Gasteiger partial charge on any atom is 0.339 e. The summed E-state index contributed by atoms with van der Waals surface area (Å²) in [7, 11) is 0. The molecule has 0 N–H and O–H groups in total. The molecule has 3 nitrogen and oxygen atoms in total. The summed E-state index contributed by atoms with van der Waals surface area (Å²) < 4.78 is 5.98. The van der Waals surface area contributed by atoms with Gasteiger partial charge in [-0.05, 0) is 122 Å². The van der Waals surface area contributed by atoms with E-state index in [1.165, 1.54) is 51.4 Å². The zero-order valence-corrected chi connectivity index (χ0v) is 25.0. The first-order chi connectivity index (χ1) is 18.2. The number of esters is 1. The summed E-state index contributed by atoms with van der Waals surface area (Å²) >= 11 is 0. The molecule has 0 amide bonds. The first-order valence-electron chi connectivity index (χ1n) is 16.0. The highest BCUT2D eigenvalue weighted by molar-refractivity contribution is 5.89. The molecule has 3 fully saturated rings. The van der Waals surface area contributed by atoms with Crippen LogP contribution >= 0.6 is 0 Å². The number of nitrogens with zero attached hydrogens (tertiary/aromatic N) is 1. The van der Waals surface area contributed by atoms with Crippen molar-refractivity contribution in [1.29, 1.82) is 0 Å². The van der Waals surface area contributed by atoms with Crippen LogP contribution in [0.3, 0.4) is 0 Å². The molecule has 1 aromatic rings. The molecular weight excluding hydrogens is 466 g/mol. The highest BCUT2D eigenvalue weighted by Gasteiger charge is 2.59. The van der Waals surface area contributed by atoms with E-state index in [1.54, 1.807) is 30.1 Å². The quantitative estimate of drug-likeness (QED) is 0.254. The minimum absolute atomic E-state index is 0.00139. The predicted molar refractivity (Wildman–Crippen MR) is 156 cm³/mol. The predicted octanol–water partition coefficient (Wildman–Crippen LogP) is 9.28. The summed E-state index contributed by atoms with van der Waals surface area (Å²) in [4.78, 5) is 16.8. The number of allylic oxidation sites excluding steroid dienone is 1. The number of aromatic nitrogens is 1. The van der Waals surface area contributed by atoms with E-state index in [-0.39, 0.29) is 17.5 Å². The first kappa shape index (κ1) is 27.9. The summed E-state index contributed by atoms with van der Waals surface area (Å²) in [5, 5.41) is 0. The molecule has 38 heavy (non-hydrogen) atoms. The van der Waals surface area contributed by atoms with Crippen molar-refractivity contribution in [3.05, 3.63) is 41.7 Å². The van der Waals surface area contributed by atoms with Gasteiger partial charge in [0.25, 0.3) is 0 Å². The Hall–Kier alpha value is -1.64. The average molecular weight is 520 g/mol. The van der Waals surface area contributed by atoms with E-state index < -0.39 is 0 Å². The van der Waals surface area contributed by atoms with Crippen molar-refractivity contribution in [3.63, 3.8) is 0 Å². The minimum Gasteiger partial charge on any atom is -0.458 e. The van der Waals surface area contributed by atoms with E-state index in [0.29, 0.717) is 11.0 Å². The molecule has 3 saturated carbocycles. The molecule has 0 aromatic carbocycles. The molecule has 4 aliphatic carbocycles. The summed E-state index contributed by atoms with van der Waals surface area (Å²) in [6, 6.07) is 3.60. The zero-order chi connectivity index (χ0) is 27.1. The van der Waals surface area contributed by atoms with E-state index in [2.05, 4.69) is 52.6 Å². The van der Waals surface area contributed by atoms with Crippen molar-refractivity contribution in [3.8, 4) is 0 Å². The fourth-order valence-corrected chi connectivity index (χ4v) is 10.2. The van der Waals surface area contributed by atoms with E-state index >= 15 is 0 Å². The highest BCUT2D eigenvalue weighted by atomic mass is 16.5. The Morgan fingerprint density at radius 1 is 1.08 bits per heavy atom. The fraction of sp³-hybridized carbons (Fsp3) is 0.771. The lowest BCUT2D eigenvalue weighted by Gasteiger charge is -2.58. The Labute approximate surface area is 232 Å². The molecule has 9 atom stereocenters. The molecule has 0 bridgehead atoms. The van der Waals surface area contributed by atoms with Crippen LogP contribution in [-0.2, 0) is 4.74 Å². The van der Waals surface area contributed by atoms with Gasteiger partial charge in [-0.2, -0.15) is 0 Å². The van der Waals surface area contributed by atoms with Gasteiger partial charge in [0.05, 0.1) is 5.56 Å². The summed E-state index contributed by atoms with van der Waals surface area (Å²) in [6.45, 7) is 15.1. The minimum atomic E-state index is -0.223. The number of pyridine rings is 1. The Morgan fingerprint density at radius 3 is 2.61 bits per heavy atom. The van der Waals surface area contributed by atoms with Gasteiger partial charge < -0.3 is 4.74 Å². The largest absolute Gasteiger partial charge is 0.458 e. The third-order valence-corrected chi connectivity index (χ3v) is 12.1. The first-order valence-corrected chi connectivity index (χ1v) is 16.0. The monoisotopic (exact) mass is 519 g/mol. The zero-order valence-electron chi connectivity index (χ0n) is 25.0. The maximum atomic E-state index is 12.7. The third kappa shape index (κ3) is 5.13. The van der Waals surface area contributed by atoms with Gasteiger partial charge in [-0.25, -0.2) is 4.79 Å². The van der Waals surface area contributed by atoms with Gasteiger partial charge in [0, 0.05) is 18.8 Å². The van der Waals surface area contributed by atoms with E-state index in [0.717, 1.165) is 60.7 Å². The SMILES string of the molecule is CC[C@@H](CC(C)C)C[C@@H](C)[C@@H]1CC[C@H]2[C@H]3CC=C4C[C@@H](OC(=O)c5cccnc5)CC[C@]4(C)[C@@H]3CC[C@@]21C. The maximum absolute atomic E-state index is 12.7.